The van der Waals surface area contributed by atoms with Crippen LogP contribution in [0.1, 0.15) is 37.7 Å². The maximum atomic E-state index is 11.4. The van der Waals surface area contributed by atoms with Crippen molar-refractivity contribution in [3.63, 3.8) is 0 Å². The molecule has 2 rings (SSSR count). The summed E-state index contributed by atoms with van der Waals surface area (Å²) in [5, 5.41) is 0. The smallest absolute Gasteiger partial charge is 0.135 e. The van der Waals surface area contributed by atoms with E-state index in [-0.39, 0.29) is 5.92 Å². The molecule has 1 aromatic rings. The summed E-state index contributed by atoms with van der Waals surface area (Å²) in [7, 11) is 0. The predicted molar refractivity (Wildman–Crippen MR) is 57.2 cm³/mol. The van der Waals surface area contributed by atoms with E-state index in [4.69, 9.17) is 0 Å². The van der Waals surface area contributed by atoms with Crippen molar-refractivity contribution >= 4 is 5.78 Å². The van der Waals surface area contributed by atoms with Gasteiger partial charge in [0.05, 0.1) is 0 Å². The van der Waals surface area contributed by atoms with E-state index in [1.165, 1.54) is 5.56 Å². The molecule has 14 heavy (non-hydrogen) atoms. The minimum atomic E-state index is 0.258. The minimum absolute atomic E-state index is 0.258. The predicted octanol–water partition coefficient (Wildman–Crippen LogP) is 3.16. The topological polar surface area (TPSA) is 17.1 Å². The summed E-state index contributed by atoms with van der Waals surface area (Å²) in [4.78, 5) is 11.4. The zero-order chi connectivity index (χ0) is 9.97. The molecule has 0 radical (unpaired) electrons. The molecule has 1 nitrogen and oxygen atoms in total. The molecule has 0 aliphatic heterocycles. The van der Waals surface area contributed by atoms with Gasteiger partial charge in [-0.1, -0.05) is 37.3 Å². The molecular formula is C13H16O. The second kappa shape index (κ2) is 3.95. The van der Waals surface area contributed by atoms with Crippen molar-refractivity contribution in [2.75, 3.05) is 0 Å². The van der Waals surface area contributed by atoms with E-state index < -0.39 is 0 Å². The second-order valence-electron chi connectivity index (χ2n) is 4.25. The van der Waals surface area contributed by atoms with Gasteiger partial charge in [0.2, 0.25) is 0 Å². The highest BCUT2D eigenvalue weighted by Crippen LogP contribution is 2.33. The van der Waals surface area contributed by atoms with Crippen molar-refractivity contribution in [3.05, 3.63) is 35.9 Å². The quantitative estimate of drug-likeness (QED) is 0.661. The van der Waals surface area contributed by atoms with Crippen LogP contribution >= 0.6 is 0 Å². The van der Waals surface area contributed by atoms with Gasteiger partial charge in [0.1, 0.15) is 5.78 Å². The van der Waals surface area contributed by atoms with E-state index in [1.807, 2.05) is 6.07 Å². The van der Waals surface area contributed by atoms with Gasteiger partial charge in [-0.2, -0.15) is 0 Å². The zero-order valence-electron chi connectivity index (χ0n) is 8.57. The molecule has 0 aromatic heterocycles. The zero-order valence-corrected chi connectivity index (χ0v) is 8.57. The highest BCUT2D eigenvalue weighted by Gasteiger charge is 2.25. The first-order valence-corrected chi connectivity index (χ1v) is 5.35. The van der Waals surface area contributed by atoms with E-state index in [9.17, 15) is 4.79 Å². The Kier molecular flexibility index (Phi) is 2.67. The van der Waals surface area contributed by atoms with Gasteiger partial charge in [0.25, 0.3) is 0 Å². The lowest BCUT2D eigenvalue weighted by Gasteiger charge is -2.25. The van der Waals surface area contributed by atoms with Gasteiger partial charge in [-0.15, -0.1) is 0 Å². The number of Topliss-reactive ketones (excluding diaryl/α,β-unsaturated/α-hetero) is 1. The van der Waals surface area contributed by atoms with Gasteiger partial charge < -0.3 is 0 Å². The Bertz CT molecular complexity index is 315. The van der Waals surface area contributed by atoms with Gasteiger partial charge in [-0.25, -0.2) is 0 Å². The maximum Gasteiger partial charge on any atom is 0.135 e. The first-order chi connectivity index (χ1) is 6.77. The Hall–Kier alpha value is -1.11. The summed E-state index contributed by atoms with van der Waals surface area (Å²) in [6.45, 7) is 2.05. The summed E-state index contributed by atoms with van der Waals surface area (Å²) >= 11 is 0. The third-order valence-corrected chi connectivity index (χ3v) is 3.20. The third-order valence-electron chi connectivity index (χ3n) is 3.20. The van der Waals surface area contributed by atoms with Gasteiger partial charge >= 0.3 is 0 Å². The molecule has 0 spiro atoms. The van der Waals surface area contributed by atoms with Crippen molar-refractivity contribution in [3.8, 4) is 0 Å². The molecule has 1 aliphatic carbocycles. The summed E-state index contributed by atoms with van der Waals surface area (Å²) in [6, 6.07) is 10.5. The van der Waals surface area contributed by atoms with Crippen molar-refractivity contribution in [2.24, 2.45) is 5.92 Å². The lowest BCUT2D eigenvalue weighted by Crippen LogP contribution is -2.21. The van der Waals surface area contributed by atoms with Crippen LogP contribution in [0, 0.1) is 5.92 Å². The second-order valence-corrected chi connectivity index (χ2v) is 4.25. The molecule has 0 N–H and O–H groups in total. The summed E-state index contributed by atoms with van der Waals surface area (Å²) in [5.74, 6) is 1.30. The average Bonchev–Trinajstić information content (AvgIpc) is 2.23. The maximum absolute atomic E-state index is 11.4. The van der Waals surface area contributed by atoms with Crippen LogP contribution in [-0.2, 0) is 4.79 Å². The molecule has 0 heterocycles. The number of hydrogen-bond donors (Lipinski definition) is 0. The van der Waals surface area contributed by atoms with Gasteiger partial charge in [0, 0.05) is 12.3 Å². The molecule has 0 saturated heterocycles. The van der Waals surface area contributed by atoms with E-state index in [2.05, 4.69) is 31.2 Å². The third kappa shape index (κ3) is 1.87. The van der Waals surface area contributed by atoms with Crippen molar-refractivity contribution in [1.82, 2.24) is 0 Å². The number of rotatable bonds is 1. The lowest BCUT2D eigenvalue weighted by atomic mass is 9.78. The molecule has 2 unspecified atom stereocenters. The molecular weight excluding hydrogens is 172 g/mol. The molecule has 1 saturated carbocycles. The van der Waals surface area contributed by atoms with Crippen LogP contribution in [0.2, 0.25) is 0 Å². The lowest BCUT2D eigenvalue weighted by molar-refractivity contribution is -0.124. The normalized spacial score (nSPS) is 27.6. The van der Waals surface area contributed by atoms with Crippen molar-refractivity contribution in [2.45, 2.75) is 32.1 Å². The van der Waals surface area contributed by atoms with Crippen LogP contribution in [0.25, 0.3) is 0 Å². The van der Waals surface area contributed by atoms with Crippen LogP contribution in [-0.4, -0.2) is 5.78 Å². The monoisotopic (exact) mass is 188 g/mol. The Morgan fingerprint density at radius 2 is 1.93 bits per heavy atom. The molecule has 2 atom stereocenters. The molecule has 1 heteroatoms. The van der Waals surface area contributed by atoms with Crippen LogP contribution in [0.5, 0.6) is 0 Å². The first-order valence-electron chi connectivity index (χ1n) is 5.35. The number of hydrogen-bond acceptors (Lipinski definition) is 1. The van der Waals surface area contributed by atoms with Gasteiger partial charge in [-0.05, 0) is 24.3 Å². The van der Waals surface area contributed by atoms with E-state index >= 15 is 0 Å². The summed E-state index contributed by atoms with van der Waals surface area (Å²) < 4.78 is 0. The molecule has 74 valence electrons. The van der Waals surface area contributed by atoms with Crippen molar-refractivity contribution in [1.29, 1.82) is 0 Å². The van der Waals surface area contributed by atoms with E-state index in [0.29, 0.717) is 11.7 Å². The van der Waals surface area contributed by atoms with Crippen LogP contribution in [0.4, 0.5) is 0 Å². The SMILES string of the molecule is CC1CC(c2ccccc2)CCC1=O. The van der Waals surface area contributed by atoms with E-state index in [0.717, 1.165) is 19.3 Å². The van der Waals surface area contributed by atoms with Crippen molar-refractivity contribution < 1.29 is 4.79 Å². The molecule has 0 amide bonds. The Morgan fingerprint density at radius 1 is 1.21 bits per heavy atom. The van der Waals surface area contributed by atoms with Gasteiger partial charge in [0.15, 0.2) is 0 Å². The summed E-state index contributed by atoms with van der Waals surface area (Å²) in [6.07, 6.45) is 2.83. The standard InChI is InChI=1S/C13H16O/c1-10-9-12(7-8-13(10)14)11-5-3-2-4-6-11/h2-6,10,12H,7-9H2,1H3. The molecule has 1 aromatic carbocycles. The fraction of sp³-hybridized carbons (Fsp3) is 0.462. The van der Waals surface area contributed by atoms with Crippen LogP contribution < -0.4 is 0 Å². The number of ketones is 1. The average molecular weight is 188 g/mol. The highest BCUT2D eigenvalue weighted by atomic mass is 16.1. The van der Waals surface area contributed by atoms with Gasteiger partial charge in [-0.3, -0.25) is 4.79 Å². The fourth-order valence-corrected chi connectivity index (χ4v) is 2.27. The fourth-order valence-electron chi connectivity index (χ4n) is 2.27. The number of carbonyl (C=O) groups excluding carboxylic acids is 1. The minimum Gasteiger partial charge on any atom is -0.299 e. The van der Waals surface area contributed by atoms with E-state index in [1.54, 1.807) is 0 Å². The number of benzene rings is 1. The molecule has 1 fully saturated rings. The van der Waals surface area contributed by atoms with Crippen LogP contribution in [0.3, 0.4) is 0 Å². The summed E-state index contributed by atoms with van der Waals surface area (Å²) in [5.41, 5.74) is 1.40. The Balaban J connectivity index is 2.11. The Labute approximate surface area is 85.1 Å². The number of carbonyl (C=O) groups is 1. The first kappa shape index (κ1) is 9.45. The van der Waals surface area contributed by atoms with Crippen LogP contribution in [0.15, 0.2) is 30.3 Å². The largest absolute Gasteiger partial charge is 0.299 e. The highest BCUT2D eigenvalue weighted by molar-refractivity contribution is 5.81. The molecule has 0 bridgehead atoms. The molecule has 1 aliphatic rings. The Morgan fingerprint density at radius 3 is 2.57 bits per heavy atom.